The Balaban J connectivity index is 3.20. The summed E-state index contributed by atoms with van der Waals surface area (Å²) in [7, 11) is 4.64. The van der Waals surface area contributed by atoms with Crippen molar-refractivity contribution >= 4 is 29.1 Å². The van der Waals surface area contributed by atoms with Crippen LogP contribution in [0.4, 0.5) is 0 Å². The standard InChI is InChI=1S/C16H23Cl2NO4/c1-6-10(2)19(16(20)15(17)18)9-11-7-12(21-3)14(23-5)13(8-11)22-4/h7-8,10,15H,6,9H2,1-5H3. The van der Waals surface area contributed by atoms with Crippen LogP contribution in [0.1, 0.15) is 25.8 Å². The van der Waals surface area contributed by atoms with Crippen molar-refractivity contribution in [3.63, 3.8) is 0 Å². The molecule has 0 saturated heterocycles. The first kappa shape index (κ1) is 19.7. The summed E-state index contributed by atoms with van der Waals surface area (Å²) < 4.78 is 16.0. The number of amides is 1. The highest BCUT2D eigenvalue weighted by molar-refractivity contribution is 6.53. The van der Waals surface area contributed by atoms with Crippen LogP contribution in [0.25, 0.3) is 0 Å². The molecule has 1 aromatic rings. The van der Waals surface area contributed by atoms with E-state index in [9.17, 15) is 4.79 Å². The van der Waals surface area contributed by atoms with Gasteiger partial charge in [0.15, 0.2) is 16.3 Å². The zero-order chi connectivity index (χ0) is 17.6. The van der Waals surface area contributed by atoms with Gasteiger partial charge in [-0.2, -0.15) is 0 Å². The van der Waals surface area contributed by atoms with E-state index in [1.807, 2.05) is 26.0 Å². The SMILES string of the molecule is CCC(C)N(Cc1cc(OC)c(OC)c(OC)c1)C(=O)C(Cl)Cl. The molecule has 7 heteroatoms. The monoisotopic (exact) mass is 363 g/mol. The van der Waals surface area contributed by atoms with E-state index in [1.54, 1.807) is 26.2 Å². The van der Waals surface area contributed by atoms with Gasteiger partial charge in [-0.15, -0.1) is 0 Å². The average Bonchev–Trinajstić information content (AvgIpc) is 2.56. The number of rotatable bonds is 8. The first-order valence-electron chi connectivity index (χ1n) is 7.27. The van der Waals surface area contributed by atoms with Gasteiger partial charge in [-0.3, -0.25) is 4.79 Å². The van der Waals surface area contributed by atoms with Crippen molar-refractivity contribution in [2.24, 2.45) is 0 Å². The molecule has 0 aliphatic heterocycles. The predicted molar refractivity (Wildman–Crippen MR) is 91.9 cm³/mol. The Morgan fingerprint density at radius 3 is 2.00 bits per heavy atom. The van der Waals surface area contributed by atoms with E-state index in [0.29, 0.717) is 23.8 Å². The van der Waals surface area contributed by atoms with E-state index < -0.39 is 4.84 Å². The van der Waals surface area contributed by atoms with Crippen LogP contribution in [0.2, 0.25) is 0 Å². The van der Waals surface area contributed by atoms with Gasteiger partial charge in [0.25, 0.3) is 5.91 Å². The Labute approximate surface area is 147 Å². The third-order valence-electron chi connectivity index (χ3n) is 3.67. The van der Waals surface area contributed by atoms with E-state index in [2.05, 4.69) is 0 Å². The lowest BCUT2D eigenvalue weighted by atomic mass is 10.1. The summed E-state index contributed by atoms with van der Waals surface area (Å²) in [6.07, 6.45) is 0.788. The number of methoxy groups -OCH3 is 3. The van der Waals surface area contributed by atoms with Crippen LogP contribution in [0.5, 0.6) is 17.2 Å². The molecule has 1 atom stereocenters. The summed E-state index contributed by atoms with van der Waals surface area (Å²) in [6, 6.07) is 3.62. The van der Waals surface area contributed by atoms with Crippen LogP contribution in [-0.4, -0.2) is 43.0 Å². The maximum Gasteiger partial charge on any atom is 0.256 e. The van der Waals surface area contributed by atoms with Crippen molar-refractivity contribution in [3.05, 3.63) is 17.7 Å². The van der Waals surface area contributed by atoms with E-state index in [1.165, 1.54) is 0 Å². The number of hydrogen-bond donors (Lipinski definition) is 0. The summed E-state index contributed by atoms with van der Waals surface area (Å²) in [5.41, 5.74) is 0.835. The number of ether oxygens (including phenoxy) is 3. The van der Waals surface area contributed by atoms with Crippen molar-refractivity contribution in [3.8, 4) is 17.2 Å². The van der Waals surface area contributed by atoms with Gasteiger partial charge in [0.05, 0.1) is 21.3 Å². The molecule has 0 aliphatic rings. The Hall–Kier alpha value is -1.33. The fourth-order valence-electron chi connectivity index (χ4n) is 2.22. The van der Waals surface area contributed by atoms with E-state index in [-0.39, 0.29) is 11.9 Å². The van der Waals surface area contributed by atoms with Crippen LogP contribution in [0, 0.1) is 0 Å². The fourth-order valence-corrected chi connectivity index (χ4v) is 2.47. The number of halogens is 2. The van der Waals surface area contributed by atoms with Crippen LogP contribution in [0.15, 0.2) is 12.1 Å². The quantitative estimate of drug-likeness (QED) is 0.661. The molecule has 23 heavy (non-hydrogen) atoms. The second kappa shape index (κ2) is 9.08. The number of nitrogens with zero attached hydrogens (tertiary/aromatic N) is 1. The zero-order valence-electron chi connectivity index (χ0n) is 14.1. The molecule has 0 bridgehead atoms. The molecule has 5 nitrogen and oxygen atoms in total. The number of hydrogen-bond acceptors (Lipinski definition) is 4. The van der Waals surface area contributed by atoms with E-state index in [0.717, 1.165) is 12.0 Å². The molecule has 0 saturated carbocycles. The summed E-state index contributed by atoms with van der Waals surface area (Å²) in [5.74, 6) is 1.25. The normalized spacial score (nSPS) is 12.0. The van der Waals surface area contributed by atoms with Crippen LogP contribution >= 0.6 is 23.2 Å². The number of alkyl halides is 2. The zero-order valence-corrected chi connectivity index (χ0v) is 15.6. The molecule has 1 rings (SSSR count). The molecule has 1 amide bonds. The van der Waals surface area contributed by atoms with Gasteiger partial charge < -0.3 is 19.1 Å². The molecule has 0 radical (unpaired) electrons. The Kier molecular flexibility index (Phi) is 7.79. The number of carbonyl (C=O) groups is 1. The molecule has 1 aromatic carbocycles. The Bertz CT molecular complexity index is 512. The highest BCUT2D eigenvalue weighted by Crippen LogP contribution is 2.38. The average molecular weight is 364 g/mol. The largest absolute Gasteiger partial charge is 0.493 e. The first-order chi connectivity index (χ1) is 10.9. The van der Waals surface area contributed by atoms with Gasteiger partial charge in [0, 0.05) is 12.6 Å². The molecule has 0 spiro atoms. The van der Waals surface area contributed by atoms with Gasteiger partial charge in [-0.05, 0) is 31.0 Å². The van der Waals surface area contributed by atoms with Crippen LogP contribution in [0.3, 0.4) is 0 Å². The molecule has 130 valence electrons. The molecule has 0 heterocycles. The summed E-state index contributed by atoms with van der Waals surface area (Å²) in [6.45, 7) is 4.30. The highest BCUT2D eigenvalue weighted by Gasteiger charge is 2.25. The summed E-state index contributed by atoms with van der Waals surface area (Å²) in [4.78, 5) is 12.8. The Morgan fingerprint density at radius 1 is 1.13 bits per heavy atom. The van der Waals surface area contributed by atoms with Gasteiger partial charge >= 0.3 is 0 Å². The third kappa shape index (κ3) is 4.82. The summed E-state index contributed by atoms with van der Waals surface area (Å²) >= 11 is 11.5. The second-order valence-corrected chi connectivity index (χ2v) is 6.15. The lowest BCUT2D eigenvalue weighted by Gasteiger charge is -2.29. The Morgan fingerprint density at radius 2 is 1.65 bits per heavy atom. The molecule has 1 unspecified atom stereocenters. The smallest absolute Gasteiger partial charge is 0.256 e. The fraction of sp³-hybridized carbons (Fsp3) is 0.562. The lowest BCUT2D eigenvalue weighted by Crippen LogP contribution is -2.40. The molecule has 0 aromatic heterocycles. The molecule has 0 aliphatic carbocycles. The molecular weight excluding hydrogens is 341 g/mol. The minimum atomic E-state index is -1.09. The highest BCUT2D eigenvalue weighted by atomic mass is 35.5. The van der Waals surface area contributed by atoms with Crippen molar-refractivity contribution in [2.75, 3.05) is 21.3 Å². The maximum atomic E-state index is 12.3. The minimum Gasteiger partial charge on any atom is -0.493 e. The molecule has 0 N–H and O–H groups in total. The maximum absolute atomic E-state index is 12.3. The lowest BCUT2D eigenvalue weighted by molar-refractivity contribution is -0.132. The van der Waals surface area contributed by atoms with Gasteiger partial charge in [-0.25, -0.2) is 0 Å². The van der Waals surface area contributed by atoms with E-state index >= 15 is 0 Å². The minimum absolute atomic E-state index is 0.00147. The van der Waals surface area contributed by atoms with Gasteiger partial charge in [0.2, 0.25) is 5.75 Å². The van der Waals surface area contributed by atoms with Gasteiger partial charge in [0.1, 0.15) is 0 Å². The number of carbonyl (C=O) groups excluding carboxylic acids is 1. The van der Waals surface area contributed by atoms with Crippen molar-refractivity contribution in [1.82, 2.24) is 4.90 Å². The van der Waals surface area contributed by atoms with Crippen molar-refractivity contribution in [2.45, 2.75) is 37.7 Å². The second-order valence-electron chi connectivity index (χ2n) is 5.06. The third-order valence-corrected chi connectivity index (χ3v) is 4.04. The van der Waals surface area contributed by atoms with Crippen LogP contribution < -0.4 is 14.2 Å². The van der Waals surface area contributed by atoms with Gasteiger partial charge in [-0.1, -0.05) is 30.1 Å². The van der Waals surface area contributed by atoms with Crippen LogP contribution in [-0.2, 0) is 11.3 Å². The van der Waals surface area contributed by atoms with Crippen molar-refractivity contribution < 1.29 is 19.0 Å². The first-order valence-corrected chi connectivity index (χ1v) is 8.14. The predicted octanol–water partition coefficient (Wildman–Crippen LogP) is 3.64. The van der Waals surface area contributed by atoms with E-state index in [4.69, 9.17) is 37.4 Å². The molecular formula is C16H23Cl2NO4. The molecule has 0 fully saturated rings. The number of benzene rings is 1. The summed E-state index contributed by atoms with van der Waals surface area (Å²) in [5, 5.41) is 0. The topological polar surface area (TPSA) is 48.0 Å². The van der Waals surface area contributed by atoms with Crippen molar-refractivity contribution in [1.29, 1.82) is 0 Å².